The molecule has 0 spiro atoms. The number of piperidine rings is 1. The minimum absolute atomic E-state index is 0.0849. The molecule has 0 unspecified atom stereocenters. The van der Waals surface area contributed by atoms with Crippen molar-refractivity contribution in [2.45, 2.75) is 24.7 Å². The maximum absolute atomic E-state index is 13.1. The number of hydrogen-bond acceptors (Lipinski definition) is 5. The fraction of sp³-hybridized carbons (Fsp3) is 0.381. The van der Waals surface area contributed by atoms with Crippen LogP contribution >= 0.6 is 11.6 Å². The van der Waals surface area contributed by atoms with E-state index in [1.807, 2.05) is 13.0 Å². The Morgan fingerprint density at radius 2 is 2.00 bits per heavy atom. The Morgan fingerprint density at radius 1 is 1.23 bits per heavy atom. The van der Waals surface area contributed by atoms with Crippen LogP contribution in [0.1, 0.15) is 19.8 Å². The van der Waals surface area contributed by atoms with E-state index in [4.69, 9.17) is 21.1 Å². The van der Waals surface area contributed by atoms with Crippen molar-refractivity contribution < 1.29 is 22.7 Å². The average Bonchev–Trinajstić information content (AvgIpc) is 2.75. The van der Waals surface area contributed by atoms with Gasteiger partial charge >= 0.3 is 0 Å². The number of anilines is 1. The van der Waals surface area contributed by atoms with Crippen molar-refractivity contribution in [3.8, 4) is 11.5 Å². The lowest BCUT2D eigenvalue weighted by atomic mass is 9.98. The predicted octanol–water partition coefficient (Wildman–Crippen LogP) is 3.79. The number of nitrogens with one attached hydrogen (secondary N) is 1. The SMILES string of the molecule is CCOc1ccc(S(=O)(=O)N2CCC[C@@H](C(=O)Nc3ccccc3OC)C2)cc1Cl. The fourth-order valence-electron chi connectivity index (χ4n) is 3.42. The van der Waals surface area contributed by atoms with Gasteiger partial charge in [0.1, 0.15) is 11.5 Å². The number of benzene rings is 2. The highest BCUT2D eigenvalue weighted by atomic mass is 35.5. The quantitative estimate of drug-likeness (QED) is 0.690. The highest BCUT2D eigenvalue weighted by molar-refractivity contribution is 7.89. The number of halogens is 1. The zero-order valence-corrected chi connectivity index (χ0v) is 18.5. The van der Waals surface area contributed by atoms with Gasteiger partial charge in [-0.15, -0.1) is 0 Å². The second kappa shape index (κ2) is 9.68. The van der Waals surface area contributed by atoms with Crippen LogP contribution in [0.25, 0.3) is 0 Å². The molecule has 0 radical (unpaired) electrons. The molecule has 2 aromatic carbocycles. The molecule has 1 aliphatic heterocycles. The van der Waals surface area contributed by atoms with Gasteiger partial charge in [-0.1, -0.05) is 23.7 Å². The molecule has 1 heterocycles. The molecule has 1 aliphatic rings. The average molecular weight is 453 g/mol. The molecule has 1 atom stereocenters. The van der Waals surface area contributed by atoms with E-state index >= 15 is 0 Å². The number of sulfonamides is 1. The van der Waals surface area contributed by atoms with Gasteiger partial charge in [0.05, 0.1) is 35.2 Å². The van der Waals surface area contributed by atoms with E-state index in [1.165, 1.54) is 23.5 Å². The molecule has 0 aliphatic carbocycles. The number of para-hydroxylation sites is 2. The van der Waals surface area contributed by atoms with Crippen molar-refractivity contribution in [2.75, 3.05) is 32.1 Å². The normalized spacial score (nSPS) is 17.4. The summed E-state index contributed by atoms with van der Waals surface area (Å²) in [5.41, 5.74) is 0.559. The Kier molecular flexibility index (Phi) is 7.23. The van der Waals surface area contributed by atoms with Gasteiger partial charge in [0.2, 0.25) is 15.9 Å². The number of methoxy groups -OCH3 is 1. The van der Waals surface area contributed by atoms with E-state index in [0.29, 0.717) is 43.2 Å². The minimum atomic E-state index is -3.78. The summed E-state index contributed by atoms with van der Waals surface area (Å²) in [5.74, 6) is 0.293. The van der Waals surface area contributed by atoms with Gasteiger partial charge < -0.3 is 14.8 Å². The standard InChI is InChI=1S/C21H25ClN2O5S/c1-3-29-19-11-10-16(13-17(19)22)30(26,27)24-12-6-7-15(14-24)21(25)23-18-8-4-5-9-20(18)28-2/h4-5,8-11,13,15H,3,6-7,12,14H2,1-2H3,(H,23,25)/t15-/m1/s1. The Morgan fingerprint density at radius 3 is 2.70 bits per heavy atom. The third-order valence-corrected chi connectivity index (χ3v) is 7.12. The number of nitrogens with zero attached hydrogens (tertiary/aromatic N) is 1. The number of rotatable bonds is 7. The van der Waals surface area contributed by atoms with E-state index in [0.717, 1.165) is 0 Å². The summed E-state index contributed by atoms with van der Waals surface area (Å²) in [7, 11) is -2.25. The van der Waals surface area contributed by atoms with Gasteiger partial charge in [-0.2, -0.15) is 4.31 Å². The molecule has 0 aromatic heterocycles. The van der Waals surface area contributed by atoms with Crippen LogP contribution in [0.2, 0.25) is 5.02 Å². The van der Waals surface area contributed by atoms with Crippen LogP contribution in [0, 0.1) is 5.92 Å². The Balaban J connectivity index is 1.75. The van der Waals surface area contributed by atoms with Gasteiger partial charge in [-0.3, -0.25) is 4.79 Å². The molecular formula is C21H25ClN2O5S. The fourth-order valence-corrected chi connectivity index (χ4v) is 5.27. The van der Waals surface area contributed by atoms with Gasteiger partial charge in [0.25, 0.3) is 0 Å². The van der Waals surface area contributed by atoms with Crippen LogP contribution in [0.5, 0.6) is 11.5 Å². The highest BCUT2D eigenvalue weighted by Crippen LogP contribution is 2.31. The number of amides is 1. The first kappa shape index (κ1) is 22.4. The van der Waals surface area contributed by atoms with E-state index in [9.17, 15) is 13.2 Å². The topological polar surface area (TPSA) is 84.9 Å². The van der Waals surface area contributed by atoms with Gasteiger partial charge in [0, 0.05) is 13.1 Å². The van der Waals surface area contributed by atoms with Crippen LogP contribution in [0.15, 0.2) is 47.4 Å². The number of hydrogen-bond donors (Lipinski definition) is 1. The van der Waals surface area contributed by atoms with Crippen molar-refractivity contribution >= 4 is 33.2 Å². The van der Waals surface area contributed by atoms with E-state index < -0.39 is 15.9 Å². The highest BCUT2D eigenvalue weighted by Gasteiger charge is 2.34. The monoisotopic (exact) mass is 452 g/mol. The zero-order valence-electron chi connectivity index (χ0n) is 16.9. The van der Waals surface area contributed by atoms with Crippen LogP contribution < -0.4 is 14.8 Å². The smallest absolute Gasteiger partial charge is 0.243 e. The Labute approximate surface area is 182 Å². The van der Waals surface area contributed by atoms with E-state index in [1.54, 1.807) is 24.3 Å². The molecule has 1 saturated heterocycles. The largest absolute Gasteiger partial charge is 0.495 e. The van der Waals surface area contributed by atoms with Crippen molar-refractivity contribution in [2.24, 2.45) is 5.92 Å². The Hall–Kier alpha value is -2.29. The second-order valence-corrected chi connectivity index (χ2v) is 9.26. The van der Waals surface area contributed by atoms with Crippen molar-refractivity contribution in [3.05, 3.63) is 47.5 Å². The molecule has 7 nitrogen and oxygen atoms in total. The third-order valence-electron chi connectivity index (χ3n) is 4.96. The number of carbonyl (C=O) groups excluding carboxylic acids is 1. The van der Waals surface area contributed by atoms with Gasteiger partial charge in [-0.25, -0.2) is 8.42 Å². The molecule has 2 aromatic rings. The lowest BCUT2D eigenvalue weighted by molar-refractivity contribution is -0.120. The summed E-state index contributed by atoms with van der Waals surface area (Å²) in [6, 6.07) is 11.5. The molecule has 30 heavy (non-hydrogen) atoms. The molecule has 9 heteroatoms. The molecule has 1 N–H and O–H groups in total. The summed E-state index contributed by atoms with van der Waals surface area (Å²) < 4.78 is 38.2. The van der Waals surface area contributed by atoms with Crippen LogP contribution in [0.4, 0.5) is 5.69 Å². The summed E-state index contributed by atoms with van der Waals surface area (Å²) in [4.78, 5) is 12.9. The summed E-state index contributed by atoms with van der Waals surface area (Å²) in [6.07, 6.45) is 1.20. The summed E-state index contributed by atoms with van der Waals surface area (Å²) >= 11 is 6.17. The first-order chi connectivity index (χ1) is 14.4. The first-order valence-corrected chi connectivity index (χ1v) is 11.5. The molecule has 3 rings (SSSR count). The lowest BCUT2D eigenvalue weighted by Crippen LogP contribution is -2.43. The van der Waals surface area contributed by atoms with Gasteiger partial charge in [-0.05, 0) is 50.1 Å². The third kappa shape index (κ3) is 4.88. The summed E-state index contributed by atoms with van der Waals surface area (Å²) in [6.45, 7) is 2.71. The maximum Gasteiger partial charge on any atom is 0.243 e. The van der Waals surface area contributed by atoms with E-state index in [-0.39, 0.29) is 22.4 Å². The lowest BCUT2D eigenvalue weighted by Gasteiger charge is -2.31. The molecular weight excluding hydrogens is 428 g/mol. The minimum Gasteiger partial charge on any atom is -0.495 e. The predicted molar refractivity (Wildman–Crippen MR) is 116 cm³/mol. The summed E-state index contributed by atoms with van der Waals surface area (Å²) in [5, 5.41) is 3.09. The second-order valence-electron chi connectivity index (χ2n) is 6.92. The van der Waals surface area contributed by atoms with Crippen LogP contribution in [-0.2, 0) is 14.8 Å². The molecule has 1 fully saturated rings. The zero-order chi connectivity index (χ0) is 21.7. The number of carbonyl (C=O) groups is 1. The molecule has 0 saturated carbocycles. The molecule has 0 bridgehead atoms. The molecule has 162 valence electrons. The van der Waals surface area contributed by atoms with Gasteiger partial charge in [0.15, 0.2) is 0 Å². The van der Waals surface area contributed by atoms with Crippen molar-refractivity contribution in [1.29, 1.82) is 0 Å². The first-order valence-electron chi connectivity index (χ1n) is 9.73. The number of ether oxygens (including phenoxy) is 2. The maximum atomic E-state index is 13.1. The Bertz CT molecular complexity index is 1010. The van der Waals surface area contributed by atoms with Crippen LogP contribution in [0.3, 0.4) is 0 Å². The molecule has 1 amide bonds. The van der Waals surface area contributed by atoms with Crippen molar-refractivity contribution in [1.82, 2.24) is 4.31 Å². The van der Waals surface area contributed by atoms with Crippen LogP contribution in [-0.4, -0.2) is 45.4 Å². The van der Waals surface area contributed by atoms with Crippen molar-refractivity contribution in [3.63, 3.8) is 0 Å². The van der Waals surface area contributed by atoms with E-state index in [2.05, 4.69) is 5.32 Å².